The highest BCUT2D eigenvalue weighted by Gasteiger charge is 2.20. The lowest BCUT2D eigenvalue weighted by Crippen LogP contribution is -2.30. The average Bonchev–Trinajstić information content (AvgIpc) is 3.41. The van der Waals surface area contributed by atoms with Gasteiger partial charge in [0, 0.05) is 43.8 Å². The van der Waals surface area contributed by atoms with Gasteiger partial charge in [0.15, 0.2) is 0 Å². The third kappa shape index (κ3) is 3.75. The SMILES string of the molecule is Cc1noc2nc(-c3cnn(C)c3)cc(C(=O)NC[C@@H](C)Cn3nccc3C)c12. The summed E-state index contributed by atoms with van der Waals surface area (Å²) in [6.07, 6.45) is 5.32. The van der Waals surface area contributed by atoms with Crippen molar-refractivity contribution in [1.82, 2.24) is 35.0 Å². The van der Waals surface area contributed by atoms with Crippen LogP contribution in [0.25, 0.3) is 22.4 Å². The minimum atomic E-state index is -0.183. The molecule has 0 saturated heterocycles. The van der Waals surface area contributed by atoms with Crippen LogP contribution in [0.2, 0.25) is 0 Å². The number of pyridine rings is 1. The van der Waals surface area contributed by atoms with E-state index in [9.17, 15) is 4.79 Å². The van der Waals surface area contributed by atoms with Crippen LogP contribution in [0.15, 0.2) is 35.2 Å². The van der Waals surface area contributed by atoms with Gasteiger partial charge < -0.3 is 9.84 Å². The molecule has 0 aliphatic carbocycles. The fourth-order valence-electron chi connectivity index (χ4n) is 3.29. The molecule has 0 bridgehead atoms. The van der Waals surface area contributed by atoms with Crippen molar-refractivity contribution in [2.75, 3.05) is 6.54 Å². The zero-order valence-corrected chi connectivity index (χ0v) is 16.9. The van der Waals surface area contributed by atoms with Crippen LogP contribution in [0.3, 0.4) is 0 Å². The van der Waals surface area contributed by atoms with Gasteiger partial charge in [-0.15, -0.1) is 0 Å². The number of hydrogen-bond donors (Lipinski definition) is 1. The highest BCUT2D eigenvalue weighted by molar-refractivity contribution is 6.06. The molecule has 0 aromatic carbocycles. The molecule has 0 aliphatic heterocycles. The summed E-state index contributed by atoms with van der Waals surface area (Å²) < 4.78 is 8.96. The highest BCUT2D eigenvalue weighted by atomic mass is 16.5. The molecule has 1 atom stereocenters. The summed E-state index contributed by atoms with van der Waals surface area (Å²) in [5.41, 5.74) is 3.99. The van der Waals surface area contributed by atoms with E-state index in [2.05, 4.69) is 32.6 Å². The second-order valence-corrected chi connectivity index (χ2v) is 7.38. The van der Waals surface area contributed by atoms with Crippen LogP contribution >= 0.6 is 0 Å². The zero-order valence-electron chi connectivity index (χ0n) is 16.9. The number of carbonyl (C=O) groups is 1. The largest absolute Gasteiger partial charge is 0.352 e. The molecular formula is C20H23N7O2. The van der Waals surface area contributed by atoms with Crippen molar-refractivity contribution in [3.63, 3.8) is 0 Å². The molecule has 150 valence electrons. The Morgan fingerprint density at radius 2 is 2.14 bits per heavy atom. The van der Waals surface area contributed by atoms with Gasteiger partial charge in [-0.05, 0) is 31.9 Å². The number of nitrogens with zero attached hydrogens (tertiary/aromatic N) is 6. The van der Waals surface area contributed by atoms with Crippen LogP contribution in [0.1, 0.15) is 28.7 Å². The van der Waals surface area contributed by atoms with E-state index in [4.69, 9.17) is 4.52 Å². The Balaban J connectivity index is 1.57. The predicted molar refractivity (Wildman–Crippen MR) is 107 cm³/mol. The molecule has 1 N–H and O–H groups in total. The topological polar surface area (TPSA) is 104 Å². The minimum Gasteiger partial charge on any atom is -0.352 e. The van der Waals surface area contributed by atoms with Crippen molar-refractivity contribution in [3.05, 3.63) is 47.7 Å². The van der Waals surface area contributed by atoms with E-state index in [0.717, 1.165) is 17.8 Å². The minimum absolute atomic E-state index is 0.183. The number of amides is 1. The Morgan fingerprint density at radius 3 is 2.83 bits per heavy atom. The molecule has 4 aromatic heterocycles. The molecule has 0 radical (unpaired) electrons. The number of nitrogens with one attached hydrogen (secondary N) is 1. The number of aromatic nitrogens is 6. The first kappa shape index (κ1) is 18.9. The fourth-order valence-corrected chi connectivity index (χ4v) is 3.29. The summed E-state index contributed by atoms with van der Waals surface area (Å²) in [6, 6.07) is 3.73. The summed E-state index contributed by atoms with van der Waals surface area (Å²) in [7, 11) is 1.83. The van der Waals surface area contributed by atoms with Crippen LogP contribution in [0.5, 0.6) is 0 Å². The Morgan fingerprint density at radius 1 is 1.31 bits per heavy atom. The maximum atomic E-state index is 13.0. The molecule has 0 aliphatic rings. The van der Waals surface area contributed by atoms with E-state index < -0.39 is 0 Å². The second-order valence-electron chi connectivity index (χ2n) is 7.38. The molecule has 4 aromatic rings. The third-order valence-electron chi connectivity index (χ3n) is 4.89. The molecule has 0 spiro atoms. The van der Waals surface area contributed by atoms with Crippen LogP contribution in [-0.2, 0) is 13.6 Å². The summed E-state index contributed by atoms with van der Waals surface area (Å²) in [6.45, 7) is 7.15. The first-order valence-corrected chi connectivity index (χ1v) is 9.45. The second kappa shape index (κ2) is 7.50. The zero-order chi connectivity index (χ0) is 20.5. The van der Waals surface area contributed by atoms with Gasteiger partial charge in [-0.3, -0.25) is 14.2 Å². The van der Waals surface area contributed by atoms with E-state index in [0.29, 0.717) is 34.6 Å². The lowest BCUT2D eigenvalue weighted by Gasteiger charge is -2.14. The first-order valence-electron chi connectivity index (χ1n) is 9.45. The summed E-state index contributed by atoms with van der Waals surface area (Å²) in [5.74, 6) is 0.0362. The van der Waals surface area contributed by atoms with E-state index in [-0.39, 0.29) is 11.8 Å². The number of rotatable bonds is 6. The highest BCUT2D eigenvalue weighted by Crippen LogP contribution is 2.26. The maximum Gasteiger partial charge on any atom is 0.259 e. The fraction of sp³-hybridized carbons (Fsp3) is 0.350. The van der Waals surface area contributed by atoms with Gasteiger partial charge in [0.05, 0.1) is 28.5 Å². The molecule has 9 nitrogen and oxygen atoms in total. The maximum absolute atomic E-state index is 13.0. The van der Waals surface area contributed by atoms with Gasteiger partial charge in [-0.25, -0.2) is 4.98 Å². The third-order valence-corrected chi connectivity index (χ3v) is 4.89. The first-order chi connectivity index (χ1) is 13.9. The van der Waals surface area contributed by atoms with Gasteiger partial charge in [0.2, 0.25) is 0 Å². The molecule has 9 heteroatoms. The van der Waals surface area contributed by atoms with Crippen molar-refractivity contribution in [2.45, 2.75) is 27.3 Å². The molecule has 0 unspecified atom stereocenters. The molecule has 29 heavy (non-hydrogen) atoms. The van der Waals surface area contributed by atoms with Gasteiger partial charge in [-0.2, -0.15) is 10.2 Å². The summed E-state index contributed by atoms with van der Waals surface area (Å²) in [4.78, 5) is 17.5. The van der Waals surface area contributed by atoms with Crippen molar-refractivity contribution >= 4 is 17.0 Å². The lowest BCUT2D eigenvalue weighted by molar-refractivity contribution is 0.0948. The monoisotopic (exact) mass is 393 g/mol. The van der Waals surface area contributed by atoms with Crippen LogP contribution in [0, 0.1) is 19.8 Å². The molecule has 0 fully saturated rings. The quantitative estimate of drug-likeness (QED) is 0.540. The normalized spacial score (nSPS) is 12.4. The van der Waals surface area contributed by atoms with Crippen LogP contribution in [0.4, 0.5) is 0 Å². The van der Waals surface area contributed by atoms with E-state index >= 15 is 0 Å². The van der Waals surface area contributed by atoms with Gasteiger partial charge in [0.1, 0.15) is 0 Å². The predicted octanol–water partition coefficient (Wildman–Crippen LogP) is 2.50. The molecule has 4 rings (SSSR count). The van der Waals surface area contributed by atoms with E-state index in [1.165, 1.54) is 0 Å². The Bertz CT molecular complexity index is 1170. The van der Waals surface area contributed by atoms with Gasteiger partial charge in [0.25, 0.3) is 11.6 Å². The number of hydrogen-bond acceptors (Lipinski definition) is 6. The number of fused-ring (bicyclic) bond motifs is 1. The Hall–Kier alpha value is -3.49. The number of aryl methyl sites for hydroxylation is 3. The van der Waals surface area contributed by atoms with Crippen molar-refractivity contribution in [1.29, 1.82) is 0 Å². The molecular weight excluding hydrogens is 370 g/mol. The van der Waals surface area contributed by atoms with Crippen LogP contribution in [-0.4, -0.2) is 42.2 Å². The van der Waals surface area contributed by atoms with Crippen LogP contribution < -0.4 is 5.32 Å². The number of carbonyl (C=O) groups excluding carboxylic acids is 1. The van der Waals surface area contributed by atoms with E-state index in [1.807, 2.05) is 30.9 Å². The molecule has 4 heterocycles. The standard InChI is InChI=1S/C20H23N7O2/c1-12(10-27-13(2)5-6-22-27)8-21-19(28)16-7-17(15-9-23-26(4)11-15)24-20-18(16)14(3)25-29-20/h5-7,9,11-12H,8,10H2,1-4H3,(H,21,28)/t12-/m1/s1. The van der Waals surface area contributed by atoms with Crippen molar-refractivity contribution in [3.8, 4) is 11.3 Å². The van der Waals surface area contributed by atoms with E-state index in [1.54, 1.807) is 30.1 Å². The van der Waals surface area contributed by atoms with Gasteiger partial charge in [-0.1, -0.05) is 12.1 Å². The smallest absolute Gasteiger partial charge is 0.259 e. The van der Waals surface area contributed by atoms with Gasteiger partial charge >= 0.3 is 0 Å². The lowest BCUT2D eigenvalue weighted by atomic mass is 10.1. The van der Waals surface area contributed by atoms with Crippen molar-refractivity contribution < 1.29 is 9.32 Å². The Kier molecular flexibility index (Phi) is 4.87. The summed E-state index contributed by atoms with van der Waals surface area (Å²) >= 11 is 0. The Labute approximate surface area is 167 Å². The average molecular weight is 393 g/mol. The molecule has 0 saturated carbocycles. The molecule has 1 amide bonds. The van der Waals surface area contributed by atoms with Crippen molar-refractivity contribution in [2.24, 2.45) is 13.0 Å². The summed E-state index contributed by atoms with van der Waals surface area (Å²) in [5, 5.41) is 16.1.